The Morgan fingerprint density at radius 1 is 1.44 bits per heavy atom. The summed E-state index contributed by atoms with van der Waals surface area (Å²) in [7, 11) is 2.06. The molecule has 1 aromatic rings. The maximum atomic E-state index is 5.96. The molecule has 1 atom stereocenters. The fourth-order valence-corrected chi connectivity index (χ4v) is 4.23. The van der Waals surface area contributed by atoms with E-state index in [1.807, 2.05) is 11.3 Å². The molecule has 0 aromatic carbocycles. The molecule has 0 amide bonds. The number of nitrogens with two attached hydrogens (primary N) is 1. The van der Waals surface area contributed by atoms with Gasteiger partial charge in [0.05, 0.1) is 0 Å². The molecule has 0 aliphatic heterocycles. The molecule has 0 spiro atoms. The van der Waals surface area contributed by atoms with Crippen LogP contribution in [-0.2, 0) is 0 Å². The van der Waals surface area contributed by atoms with E-state index in [0.29, 0.717) is 12.1 Å². The highest BCUT2D eigenvalue weighted by Crippen LogP contribution is 2.37. The zero-order valence-electron chi connectivity index (χ0n) is 9.58. The van der Waals surface area contributed by atoms with Gasteiger partial charge in [-0.1, -0.05) is 0 Å². The van der Waals surface area contributed by atoms with E-state index in [1.54, 1.807) is 0 Å². The molecule has 0 radical (unpaired) electrons. The second kappa shape index (κ2) is 5.63. The molecule has 4 heteroatoms. The summed E-state index contributed by atoms with van der Waals surface area (Å²) in [6.07, 6.45) is 4.86. The normalized spacial score (nSPS) is 27.9. The van der Waals surface area contributed by atoms with Gasteiger partial charge in [-0.15, -0.1) is 11.3 Å². The molecule has 1 aliphatic carbocycles. The molecular formula is C12H19BrN2S. The number of nitrogens with one attached hydrogen (secondary N) is 1. The molecule has 1 fully saturated rings. The summed E-state index contributed by atoms with van der Waals surface area (Å²) < 4.78 is 1.19. The number of rotatable bonds is 3. The van der Waals surface area contributed by atoms with Gasteiger partial charge in [-0.3, -0.25) is 0 Å². The third-order valence-corrected chi connectivity index (χ3v) is 5.27. The highest BCUT2D eigenvalue weighted by atomic mass is 79.9. The smallest absolute Gasteiger partial charge is 0.0441 e. The van der Waals surface area contributed by atoms with Crippen molar-refractivity contribution in [2.75, 3.05) is 7.05 Å². The minimum atomic E-state index is 0.434. The molecule has 1 aliphatic rings. The van der Waals surface area contributed by atoms with Gasteiger partial charge in [0.1, 0.15) is 0 Å². The van der Waals surface area contributed by atoms with E-state index in [4.69, 9.17) is 5.73 Å². The predicted molar refractivity (Wildman–Crippen MR) is 73.8 cm³/mol. The first-order chi connectivity index (χ1) is 7.70. The van der Waals surface area contributed by atoms with Crippen LogP contribution in [0.25, 0.3) is 0 Å². The van der Waals surface area contributed by atoms with E-state index < -0.39 is 0 Å². The van der Waals surface area contributed by atoms with Crippen LogP contribution in [0.15, 0.2) is 15.9 Å². The van der Waals surface area contributed by atoms with Crippen molar-refractivity contribution >= 4 is 27.3 Å². The van der Waals surface area contributed by atoms with Crippen molar-refractivity contribution in [1.82, 2.24) is 5.32 Å². The van der Waals surface area contributed by atoms with Crippen LogP contribution in [0.4, 0.5) is 0 Å². The van der Waals surface area contributed by atoms with Crippen molar-refractivity contribution in [3.05, 3.63) is 20.8 Å². The fraction of sp³-hybridized carbons (Fsp3) is 0.667. The number of halogens is 1. The van der Waals surface area contributed by atoms with Crippen LogP contribution in [0.3, 0.4) is 0 Å². The zero-order chi connectivity index (χ0) is 11.5. The van der Waals surface area contributed by atoms with Gasteiger partial charge in [-0.2, -0.15) is 0 Å². The highest BCUT2D eigenvalue weighted by Gasteiger charge is 2.27. The minimum absolute atomic E-state index is 0.434. The summed E-state index contributed by atoms with van der Waals surface area (Å²) in [6, 6.07) is 3.17. The van der Waals surface area contributed by atoms with Gasteiger partial charge in [0.25, 0.3) is 0 Å². The summed E-state index contributed by atoms with van der Waals surface area (Å²) in [5, 5.41) is 5.63. The lowest BCUT2D eigenvalue weighted by Gasteiger charge is -2.32. The Morgan fingerprint density at radius 3 is 2.62 bits per heavy atom. The Kier molecular flexibility index (Phi) is 4.41. The largest absolute Gasteiger partial charge is 0.328 e. The van der Waals surface area contributed by atoms with Crippen molar-refractivity contribution in [2.24, 2.45) is 11.7 Å². The summed E-state index contributed by atoms with van der Waals surface area (Å²) in [6.45, 7) is 0. The SMILES string of the molecule is CNC(c1cc(Br)cs1)C1CCC(N)CC1. The Hall–Kier alpha value is 0.1000. The van der Waals surface area contributed by atoms with E-state index in [9.17, 15) is 0 Å². The lowest BCUT2D eigenvalue weighted by atomic mass is 9.81. The molecule has 0 saturated heterocycles. The summed E-state index contributed by atoms with van der Waals surface area (Å²) >= 11 is 5.36. The van der Waals surface area contributed by atoms with Gasteiger partial charge >= 0.3 is 0 Å². The first-order valence-corrected chi connectivity index (χ1v) is 7.54. The average Bonchev–Trinajstić information content (AvgIpc) is 2.69. The minimum Gasteiger partial charge on any atom is -0.328 e. The Balaban J connectivity index is 2.05. The molecule has 1 saturated carbocycles. The van der Waals surface area contributed by atoms with Crippen LogP contribution < -0.4 is 11.1 Å². The van der Waals surface area contributed by atoms with Crippen molar-refractivity contribution in [1.29, 1.82) is 0 Å². The molecule has 3 N–H and O–H groups in total. The standard InChI is InChI=1S/C12H19BrN2S/c1-15-12(11-6-9(13)7-16-11)8-2-4-10(14)5-3-8/h6-8,10,12,15H,2-5,14H2,1H3. The third-order valence-electron chi connectivity index (χ3n) is 3.49. The van der Waals surface area contributed by atoms with Gasteiger partial charge in [0.2, 0.25) is 0 Å². The second-order valence-corrected chi connectivity index (χ2v) is 6.47. The molecule has 16 heavy (non-hydrogen) atoms. The number of thiophene rings is 1. The monoisotopic (exact) mass is 302 g/mol. The third kappa shape index (κ3) is 2.86. The fourth-order valence-electron chi connectivity index (χ4n) is 2.58. The zero-order valence-corrected chi connectivity index (χ0v) is 12.0. The van der Waals surface area contributed by atoms with Crippen LogP contribution in [-0.4, -0.2) is 13.1 Å². The van der Waals surface area contributed by atoms with Crippen molar-refractivity contribution in [3.8, 4) is 0 Å². The Labute approximate surface area is 110 Å². The van der Waals surface area contributed by atoms with Gasteiger partial charge in [0, 0.05) is 26.8 Å². The van der Waals surface area contributed by atoms with Crippen LogP contribution in [0.1, 0.15) is 36.6 Å². The first-order valence-electron chi connectivity index (χ1n) is 5.87. The predicted octanol–water partition coefficient (Wildman–Crippen LogP) is 3.29. The summed E-state index contributed by atoms with van der Waals surface area (Å²) in [5.41, 5.74) is 5.96. The molecule has 90 valence electrons. The molecule has 1 heterocycles. The van der Waals surface area contributed by atoms with Crippen LogP contribution in [0.5, 0.6) is 0 Å². The second-order valence-electron chi connectivity index (χ2n) is 4.61. The highest BCUT2D eigenvalue weighted by molar-refractivity contribution is 9.10. The van der Waals surface area contributed by atoms with Crippen LogP contribution in [0, 0.1) is 5.92 Å². The van der Waals surface area contributed by atoms with E-state index in [0.717, 1.165) is 5.92 Å². The Morgan fingerprint density at radius 2 is 2.12 bits per heavy atom. The molecule has 0 bridgehead atoms. The number of hydrogen-bond acceptors (Lipinski definition) is 3. The van der Waals surface area contributed by atoms with Crippen molar-refractivity contribution in [3.63, 3.8) is 0 Å². The van der Waals surface area contributed by atoms with Gasteiger partial charge in [-0.05, 0) is 60.6 Å². The quantitative estimate of drug-likeness (QED) is 0.899. The van der Waals surface area contributed by atoms with Gasteiger partial charge < -0.3 is 11.1 Å². The van der Waals surface area contributed by atoms with E-state index >= 15 is 0 Å². The van der Waals surface area contributed by atoms with Crippen LogP contribution in [0.2, 0.25) is 0 Å². The van der Waals surface area contributed by atoms with E-state index in [-0.39, 0.29) is 0 Å². The average molecular weight is 303 g/mol. The van der Waals surface area contributed by atoms with Crippen molar-refractivity contribution < 1.29 is 0 Å². The molecule has 1 unspecified atom stereocenters. The number of hydrogen-bond donors (Lipinski definition) is 2. The maximum absolute atomic E-state index is 5.96. The lowest BCUT2D eigenvalue weighted by Crippen LogP contribution is -2.32. The topological polar surface area (TPSA) is 38.0 Å². The molecule has 1 aromatic heterocycles. The van der Waals surface area contributed by atoms with Gasteiger partial charge in [-0.25, -0.2) is 0 Å². The maximum Gasteiger partial charge on any atom is 0.0441 e. The lowest BCUT2D eigenvalue weighted by molar-refractivity contribution is 0.265. The molecule has 2 rings (SSSR count). The Bertz CT molecular complexity index is 332. The summed E-state index contributed by atoms with van der Waals surface area (Å²) in [4.78, 5) is 1.44. The molecule has 2 nitrogen and oxygen atoms in total. The molecular weight excluding hydrogens is 284 g/mol. The van der Waals surface area contributed by atoms with Crippen LogP contribution >= 0.6 is 27.3 Å². The first kappa shape index (κ1) is 12.6. The summed E-state index contributed by atoms with van der Waals surface area (Å²) in [5.74, 6) is 0.746. The van der Waals surface area contributed by atoms with E-state index in [1.165, 1.54) is 35.0 Å². The van der Waals surface area contributed by atoms with Gasteiger partial charge in [0.15, 0.2) is 0 Å². The van der Waals surface area contributed by atoms with Crippen molar-refractivity contribution in [2.45, 2.75) is 37.8 Å². The van der Waals surface area contributed by atoms with E-state index in [2.05, 4.69) is 39.7 Å².